The van der Waals surface area contributed by atoms with Gasteiger partial charge in [-0.05, 0) is 12.1 Å². The standard InChI is InChI=1S/C24H20FN5S/c1-14(2)31-24-29-21(22-23(26)27-12-13-30(22)24)17-10-8-16-9-11-18(28-20(16)19(17)25)15-6-4-3-5-7-15/h3-14H,1-2H3,(H2,26,27). The molecule has 31 heavy (non-hydrogen) atoms. The molecule has 0 aliphatic heterocycles. The molecule has 5 aromatic rings. The van der Waals surface area contributed by atoms with Gasteiger partial charge in [0.05, 0.1) is 5.69 Å². The molecule has 0 saturated carbocycles. The van der Waals surface area contributed by atoms with Crippen LogP contribution in [0.25, 0.3) is 38.9 Å². The quantitative estimate of drug-likeness (QED) is 0.364. The van der Waals surface area contributed by atoms with Crippen LogP contribution in [0.1, 0.15) is 13.8 Å². The first-order valence-corrected chi connectivity index (χ1v) is 10.8. The van der Waals surface area contributed by atoms with Gasteiger partial charge in [0.1, 0.15) is 22.5 Å². The number of benzene rings is 2. The van der Waals surface area contributed by atoms with Gasteiger partial charge in [0.25, 0.3) is 0 Å². The van der Waals surface area contributed by atoms with Crippen LogP contribution in [0.3, 0.4) is 0 Å². The highest BCUT2D eigenvalue weighted by atomic mass is 32.2. The maximum absolute atomic E-state index is 15.8. The van der Waals surface area contributed by atoms with Gasteiger partial charge in [0, 0.05) is 34.2 Å². The van der Waals surface area contributed by atoms with Crippen molar-refractivity contribution in [3.63, 3.8) is 0 Å². The molecule has 0 atom stereocenters. The number of pyridine rings is 1. The molecule has 2 N–H and O–H groups in total. The van der Waals surface area contributed by atoms with Crippen LogP contribution in [0, 0.1) is 5.82 Å². The summed E-state index contributed by atoms with van der Waals surface area (Å²) in [6.07, 6.45) is 3.43. The molecule has 3 heterocycles. The lowest BCUT2D eigenvalue weighted by atomic mass is 10.0. The zero-order chi connectivity index (χ0) is 21.5. The van der Waals surface area contributed by atoms with E-state index in [4.69, 9.17) is 10.7 Å². The fourth-order valence-corrected chi connectivity index (χ4v) is 4.46. The predicted octanol–water partition coefficient (Wildman–Crippen LogP) is 5.83. The minimum absolute atomic E-state index is 0.306. The number of rotatable bonds is 4. The Morgan fingerprint density at radius 2 is 1.77 bits per heavy atom. The van der Waals surface area contributed by atoms with Crippen LogP contribution in [0.2, 0.25) is 0 Å². The van der Waals surface area contributed by atoms with Crippen molar-refractivity contribution in [3.05, 3.63) is 72.8 Å². The first kappa shape index (κ1) is 19.5. The Morgan fingerprint density at radius 1 is 1.00 bits per heavy atom. The van der Waals surface area contributed by atoms with Gasteiger partial charge < -0.3 is 5.73 Å². The van der Waals surface area contributed by atoms with E-state index in [9.17, 15) is 0 Å². The number of aromatic nitrogens is 4. The maximum Gasteiger partial charge on any atom is 0.173 e. The number of nitrogens with zero attached hydrogens (tertiary/aromatic N) is 4. The Labute approximate surface area is 183 Å². The molecule has 0 fully saturated rings. The average molecular weight is 430 g/mol. The summed E-state index contributed by atoms with van der Waals surface area (Å²) >= 11 is 1.59. The van der Waals surface area contributed by atoms with Crippen molar-refractivity contribution >= 4 is 34.0 Å². The molecule has 0 amide bonds. The van der Waals surface area contributed by atoms with Gasteiger partial charge in [-0.25, -0.2) is 19.3 Å². The molecule has 0 aliphatic carbocycles. The Bertz CT molecular complexity index is 1410. The Balaban J connectivity index is 1.74. The second kappa shape index (κ2) is 7.67. The Hall–Kier alpha value is -3.45. The average Bonchev–Trinajstić information content (AvgIpc) is 3.13. The van der Waals surface area contributed by atoms with Crippen LogP contribution in [-0.2, 0) is 0 Å². The molecule has 5 rings (SSSR count). The highest BCUT2D eigenvalue weighted by molar-refractivity contribution is 7.99. The van der Waals surface area contributed by atoms with E-state index in [2.05, 4.69) is 23.8 Å². The highest BCUT2D eigenvalue weighted by Crippen LogP contribution is 2.36. The molecule has 0 unspecified atom stereocenters. The SMILES string of the molecule is CC(C)Sc1nc(-c2ccc3ccc(-c4ccccc4)nc3c2F)c2c(N)nccn12. The van der Waals surface area contributed by atoms with E-state index in [0.29, 0.717) is 33.4 Å². The number of thioether (sulfide) groups is 1. The summed E-state index contributed by atoms with van der Waals surface area (Å²) in [5.41, 5.74) is 9.57. The highest BCUT2D eigenvalue weighted by Gasteiger charge is 2.21. The molecular weight excluding hydrogens is 409 g/mol. The topological polar surface area (TPSA) is 69.1 Å². The van der Waals surface area contributed by atoms with Crippen LogP contribution in [0.5, 0.6) is 0 Å². The van der Waals surface area contributed by atoms with Crippen LogP contribution in [0.15, 0.2) is 72.1 Å². The van der Waals surface area contributed by atoms with E-state index in [1.807, 2.05) is 52.9 Å². The number of nitrogen functional groups attached to an aromatic ring is 1. The first-order valence-electron chi connectivity index (χ1n) is 9.97. The second-order valence-electron chi connectivity index (χ2n) is 7.50. The summed E-state index contributed by atoms with van der Waals surface area (Å²) in [7, 11) is 0. The summed E-state index contributed by atoms with van der Waals surface area (Å²) in [4.78, 5) is 13.6. The minimum Gasteiger partial charge on any atom is -0.382 e. The lowest BCUT2D eigenvalue weighted by molar-refractivity contribution is 0.640. The smallest absolute Gasteiger partial charge is 0.173 e. The number of fused-ring (bicyclic) bond motifs is 2. The molecule has 154 valence electrons. The van der Waals surface area contributed by atoms with Crippen molar-refractivity contribution < 1.29 is 4.39 Å². The molecule has 0 bridgehead atoms. The van der Waals surface area contributed by atoms with Crippen LogP contribution in [-0.4, -0.2) is 24.6 Å². The largest absolute Gasteiger partial charge is 0.382 e. The van der Waals surface area contributed by atoms with Gasteiger partial charge in [-0.3, -0.25) is 4.40 Å². The van der Waals surface area contributed by atoms with E-state index < -0.39 is 5.82 Å². The van der Waals surface area contributed by atoms with E-state index >= 15 is 4.39 Å². The van der Waals surface area contributed by atoms with Crippen molar-refractivity contribution in [2.45, 2.75) is 24.3 Å². The Kier molecular flexibility index (Phi) is 4.82. The molecule has 2 aromatic carbocycles. The number of imidazole rings is 1. The number of nitrogens with two attached hydrogens (primary N) is 1. The molecular formula is C24H20FN5S. The number of hydrogen-bond acceptors (Lipinski definition) is 5. The number of halogens is 1. The molecule has 3 aromatic heterocycles. The van der Waals surface area contributed by atoms with E-state index in [0.717, 1.165) is 21.8 Å². The predicted molar refractivity (Wildman–Crippen MR) is 125 cm³/mol. The molecule has 0 spiro atoms. The van der Waals surface area contributed by atoms with E-state index in [1.54, 1.807) is 30.2 Å². The summed E-state index contributed by atoms with van der Waals surface area (Å²) in [5.74, 6) is -0.106. The van der Waals surface area contributed by atoms with Crippen molar-refractivity contribution in [2.75, 3.05) is 5.73 Å². The van der Waals surface area contributed by atoms with Gasteiger partial charge in [-0.15, -0.1) is 0 Å². The van der Waals surface area contributed by atoms with Gasteiger partial charge >= 0.3 is 0 Å². The first-order chi connectivity index (χ1) is 15.0. The summed E-state index contributed by atoms with van der Waals surface area (Å²) in [6.45, 7) is 4.17. The summed E-state index contributed by atoms with van der Waals surface area (Å²) < 4.78 is 17.7. The monoisotopic (exact) mass is 429 g/mol. The zero-order valence-corrected chi connectivity index (χ0v) is 17.9. The fourth-order valence-electron chi connectivity index (χ4n) is 3.63. The lowest BCUT2D eigenvalue weighted by Crippen LogP contribution is -1.98. The fraction of sp³-hybridized carbons (Fsp3) is 0.125. The van der Waals surface area contributed by atoms with E-state index in [1.165, 1.54) is 0 Å². The third-order valence-electron chi connectivity index (χ3n) is 5.02. The zero-order valence-electron chi connectivity index (χ0n) is 17.1. The number of anilines is 1. The molecule has 0 aliphatic rings. The van der Waals surface area contributed by atoms with Gasteiger partial charge in [-0.1, -0.05) is 68.1 Å². The third-order valence-corrected chi connectivity index (χ3v) is 5.99. The lowest BCUT2D eigenvalue weighted by Gasteiger charge is -2.08. The van der Waals surface area contributed by atoms with Gasteiger partial charge in [0.2, 0.25) is 0 Å². The van der Waals surface area contributed by atoms with Crippen molar-refractivity contribution in [1.82, 2.24) is 19.4 Å². The van der Waals surface area contributed by atoms with Crippen LogP contribution >= 0.6 is 11.8 Å². The van der Waals surface area contributed by atoms with Crippen molar-refractivity contribution in [2.24, 2.45) is 0 Å². The number of hydrogen-bond donors (Lipinski definition) is 1. The van der Waals surface area contributed by atoms with Crippen LogP contribution < -0.4 is 5.73 Å². The maximum atomic E-state index is 15.8. The van der Waals surface area contributed by atoms with Crippen LogP contribution in [0.4, 0.5) is 10.2 Å². The Morgan fingerprint density at radius 3 is 2.55 bits per heavy atom. The second-order valence-corrected chi connectivity index (χ2v) is 9.05. The third kappa shape index (κ3) is 3.41. The molecule has 0 radical (unpaired) electrons. The normalized spacial score (nSPS) is 11.6. The van der Waals surface area contributed by atoms with Crippen molar-refractivity contribution in [3.8, 4) is 22.5 Å². The minimum atomic E-state index is -0.417. The van der Waals surface area contributed by atoms with Gasteiger partial charge in [-0.2, -0.15) is 0 Å². The van der Waals surface area contributed by atoms with Crippen molar-refractivity contribution in [1.29, 1.82) is 0 Å². The van der Waals surface area contributed by atoms with Gasteiger partial charge in [0.15, 0.2) is 11.0 Å². The molecule has 0 saturated heterocycles. The summed E-state index contributed by atoms with van der Waals surface area (Å²) in [5, 5.41) is 1.79. The molecule has 5 nitrogen and oxygen atoms in total. The molecule has 7 heteroatoms. The van der Waals surface area contributed by atoms with E-state index in [-0.39, 0.29) is 0 Å². The summed E-state index contributed by atoms with van der Waals surface area (Å²) in [6, 6.07) is 17.1.